The number of rotatable bonds is 8. The van der Waals surface area contributed by atoms with E-state index in [1.54, 1.807) is 0 Å². The molecule has 1 saturated carbocycles. The highest BCUT2D eigenvalue weighted by Gasteiger charge is 2.34. The predicted molar refractivity (Wildman–Crippen MR) is 111 cm³/mol. The third kappa shape index (κ3) is 5.17. The summed E-state index contributed by atoms with van der Waals surface area (Å²) in [4.78, 5) is 29.3. The summed E-state index contributed by atoms with van der Waals surface area (Å²) in [5.41, 5.74) is 1.17. The summed E-state index contributed by atoms with van der Waals surface area (Å²) in [6, 6.07) is 6.57. The SMILES string of the molecule is CC[C@@H](C)N(CC(=O)N(Cc1cccn1C)C1CC1)C(=O)Nc1ccc(F)c(F)c1. The van der Waals surface area contributed by atoms with Crippen molar-refractivity contribution in [2.45, 2.75) is 51.7 Å². The smallest absolute Gasteiger partial charge is 0.322 e. The zero-order valence-corrected chi connectivity index (χ0v) is 17.6. The van der Waals surface area contributed by atoms with Crippen LogP contribution in [0.5, 0.6) is 0 Å². The number of amides is 3. The zero-order valence-electron chi connectivity index (χ0n) is 17.6. The molecule has 1 aromatic carbocycles. The number of halogens is 2. The van der Waals surface area contributed by atoms with Gasteiger partial charge < -0.3 is 19.7 Å². The second-order valence-corrected chi connectivity index (χ2v) is 7.81. The molecule has 3 rings (SSSR count). The Kier molecular flexibility index (Phi) is 6.74. The minimum absolute atomic E-state index is 0.0779. The number of hydrogen-bond donors (Lipinski definition) is 1. The van der Waals surface area contributed by atoms with E-state index in [9.17, 15) is 18.4 Å². The van der Waals surface area contributed by atoms with Gasteiger partial charge >= 0.3 is 6.03 Å². The quantitative estimate of drug-likeness (QED) is 0.701. The molecule has 0 bridgehead atoms. The van der Waals surface area contributed by atoms with Gasteiger partial charge in [-0.3, -0.25) is 4.79 Å². The first-order chi connectivity index (χ1) is 14.3. The average Bonchev–Trinajstić information content (AvgIpc) is 3.48. The van der Waals surface area contributed by atoms with Crippen LogP contribution in [0.1, 0.15) is 38.8 Å². The molecule has 1 aliphatic rings. The van der Waals surface area contributed by atoms with Crippen molar-refractivity contribution >= 4 is 17.6 Å². The molecule has 1 N–H and O–H groups in total. The van der Waals surface area contributed by atoms with E-state index in [0.29, 0.717) is 13.0 Å². The molecule has 0 radical (unpaired) electrons. The fourth-order valence-electron chi connectivity index (χ4n) is 3.30. The van der Waals surface area contributed by atoms with Gasteiger partial charge in [-0.05, 0) is 50.5 Å². The molecule has 1 fully saturated rings. The van der Waals surface area contributed by atoms with Crippen molar-refractivity contribution in [1.29, 1.82) is 0 Å². The van der Waals surface area contributed by atoms with Gasteiger partial charge in [-0.2, -0.15) is 0 Å². The van der Waals surface area contributed by atoms with Crippen LogP contribution in [0.25, 0.3) is 0 Å². The summed E-state index contributed by atoms with van der Waals surface area (Å²) < 4.78 is 28.6. The number of aryl methyl sites for hydroxylation is 1. The molecule has 0 saturated heterocycles. The van der Waals surface area contributed by atoms with E-state index in [2.05, 4.69) is 5.32 Å². The number of anilines is 1. The Morgan fingerprint density at radius 1 is 1.23 bits per heavy atom. The van der Waals surface area contributed by atoms with E-state index in [4.69, 9.17) is 0 Å². The second kappa shape index (κ2) is 9.28. The maximum Gasteiger partial charge on any atom is 0.322 e. The van der Waals surface area contributed by atoms with Crippen molar-refractivity contribution in [2.24, 2.45) is 7.05 Å². The van der Waals surface area contributed by atoms with Crippen molar-refractivity contribution < 1.29 is 18.4 Å². The summed E-state index contributed by atoms with van der Waals surface area (Å²) in [5.74, 6) is -2.15. The summed E-state index contributed by atoms with van der Waals surface area (Å²) in [5, 5.41) is 2.57. The van der Waals surface area contributed by atoms with Gasteiger partial charge in [-0.1, -0.05) is 6.92 Å². The molecule has 1 aromatic heterocycles. The first kappa shape index (κ1) is 21.8. The van der Waals surface area contributed by atoms with Crippen LogP contribution in [0.4, 0.5) is 19.3 Å². The van der Waals surface area contributed by atoms with Gasteiger partial charge in [0.1, 0.15) is 6.54 Å². The third-order valence-corrected chi connectivity index (χ3v) is 5.55. The Morgan fingerprint density at radius 3 is 2.53 bits per heavy atom. The number of hydrogen-bond acceptors (Lipinski definition) is 2. The molecule has 1 heterocycles. The van der Waals surface area contributed by atoms with E-state index < -0.39 is 17.7 Å². The van der Waals surface area contributed by atoms with Crippen molar-refractivity contribution in [3.63, 3.8) is 0 Å². The topological polar surface area (TPSA) is 57.6 Å². The fourth-order valence-corrected chi connectivity index (χ4v) is 3.30. The number of urea groups is 1. The summed E-state index contributed by atoms with van der Waals surface area (Å²) >= 11 is 0. The molecule has 8 heteroatoms. The molecule has 0 spiro atoms. The zero-order chi connectivity index (χ0) is 21.8. The summed E-state index contributed by atoms with van der Waals surface area (Å²) in [6.45, 7) is 4.20. The highest BCUT2D eigenvalue weighted by molar-refractivity contribution is 5.92. The first-order valence-corrected chi connectivity index (χ1v) is 10.2. The number of aromatic nitrogens is 1. The molecule has 30 heavy (non-hydrogen) atoms. The predicted octanol–water partition coefficient (Wildman–Crippen LogP) is 4.13. The van der Waals surface area contributed by atoms with Gasteiger partial charge in [0, 0.05) is 42.8 Å². The van der Waals surface area contributed by atoms with Crippen LogP contribution in [-0.4, -0.2) is 44.9 Å². The number of benzene rings is 1. The third-order valence-electron chi connectivity index (χ3n) is 5.55. The molecule has 6 nitrogen and oxygen atoms in total. The first-order valence-electron chi connectivity index (χ1n) is 10.2. The molecular weight excluding hydrogens is 390 g/mol. The van der Waals surface area contributed by atoms with Gasteiger partial charge in [-0.25, -0.2) is 13.6 Å². The van der Waals surface area contributed by atoms with Crippen LogP contribution < -0.4 is 5.32 Å². The van der Waals surface area contributed by atoms with Crippen LogP contribution >= 0.6 is 0 Å². The Labute approximate surface area is 175 Å². The van der Waals surface area contributed by atoms with Gasteiger partial charge in [0.15, 0.2) is 11.6 Å². The van der Waals surface area contributed by atoms with Gasteiger partial charge in [-0.15, -0.1) is 0 Å². The van der Waals surface area contributed by atoms with Crippen LogP contribution in [0.15, 0.2) is 36.5 Å². The van der Waals surface area contributed by atoms with E-state index >= 15 is 0 Å². The number of nitrogens with one attached hydrogen (secondary N) is 1. The lowest BCUT2D eigenvalue weighted by Crippen LogP contribution is -2.48. The average molecular weight is 418 g/mol. The normalized spacial score (nSPS) is 14.3. The van der Waals surface area contributed by atoms with Crippen molar-refractivity contribution in [3.05, 3.63) is 53.9 Å². The lowest BCUT2D eigenvalue weighted by Gasteiger charge is -2.31. The maximum atomic E-state index is 13.5. The molecule has 2 aromatic rings. The number of carbonyl (C=O) groups excluding carboxylic acids is 2. The minimum atomic E-state index is -1.04. The van der Waals surface area contributed by atoms with Gasteiger partial charge in [0.05, 0.1) is 6.54 Å². The molecule has 1 aliphatic carbocycles. The minimum Gasteiger partial charge on any atom is -0.353 e. The lowest BCUT2D eigenvalue weighted by atomic mass is 10.2. The highest BCUT2D eigenvalue weighted by atomic mass is 19.2. The van der Waals surface area contributed by atoms with E-state index in [0.717, 1.165) is 30.7 Å². The Morgan fingerprint density at radius 2 is 1.97 bits per heavy atom. The Balaban J connectivity index is 1.72. The Bertz CT molecular complexity index is 910. The van der Waals surface area contributed by atoms with E-state index in [-0.39, 0.29) is 30.2 Å². The molecule has 162 valence electrons. The largest absolute Gasteiger partial charge is 0.353 e. The van der Waals surface area contributed by atoms with Crippen LogP contribution in [0.3, 0.4) is 0 Å². The molecule has 3 amide bonds. The van der Waals surface area contributed by atoms with Crippen molar-refractivity contribution in [3.8, 4) is 0 Å². The van der Waals surface area contributed by atoms with Crippen molar-refractivity contribution in [2.75, 3.05) is 11.9 Å². The second-order valence-electron chi connectivity index (χ2n) is 7.81. The van der Waals surface area contributed by atoms with E-state index in [1.807, 2.05) is 48.7 Å². The maximum absolute atomic E-state index is 13.5. The molecule has 0 aliphatic heterocycles. The van der Waals surface area contributed by atoms with Crippen LogP contribution in [0.2, 0.25) is 0 Å². The summed E-state index contributed by atoms with van der Waals surface area (Å²) in [6.07, 6.45) is 4.51. The fraction of sp³-hybridized carbons (Fsp3) is 0.455. The standard InChI is InChI=1S/C22H28F2N4O2/c1-4-15(2)27(22(30)25-16-7-10-19(23)20(24)12-16)14-21(29)28(17-8-9-17)13-18-6-5-11-26(18)3/h5-7,10-12,15,17H,4,8-9,13-14H2,1-3H3,(H,25,30)/t15-/m1/s1. The van der Waals surface area contributed by atoms with Crippen LogP contribution in [-0.2, 0) is 18.4 Å². The highest BCUT2D eigenvalue weighted by Crippen LogP contribution is 2.29. The van der Waals surface area contributed by atoms with Crippen LogP contribution in [0, 0.1) is 11.6 Å². The molecule has 1 atom stereocenters. The Hall–Kier alpha value is -2.90. The van der Waals surface area contributed by atoms with Crippen molar-refractivity contribution in [1.82, 2.24) is 14.4 Å². The van der Waals surface area contributed by atoms with Gasteiger partial charge in [0.25, 0.3) is 0 Å². The van der Waals surface area contributed by atoms with E-state index in [1.165, 1.54) is 11.0 Å². The molecule has 0 unspecified atom stereocenters. The molecular formula is C22H28F2N4O2. The number of nitrogens with zero attached hydrogens (tertiary/aromatic N) is 3. The lowest BCUT2D eigenvalue weighted by molar-refractivity contribution is -0.133. The monoisotopic (exact) mass is 418 g/mol. The summed E-state index contributed by atoms with van der Waals surface area (Å²) in [7, 11) is 1.94. The number of carbonyl (C=O) groups is 2. The van der Waals surface area contributed by atoms with Gasteiger partial charge in [0.2, 0.25) is 5.91 Å².